The molecule has 1 aromatic carbocycles. The number of piperidine rings is 1. The third-order valence-corrected chi connectivity index (χ3v) is 4.66. The molecule has 2 atom stereocenters. The molecule has 0 unspecified atom stereocenters. The van der Waals surface area contributed by atoms with E-state index in [4.69, 9.17) is 11.6 Å². The van der Waals surface area contributed by atoms with E-state index in [0.717, 1.165) is 37.1 Å². The molecule has 1 aliphatic rings. The van der Waals surface area contributed by atoms with Crippen LogP contribution < -0.4 is 5.32 Å². The number of nitrogens with zero attached hydrogens (tertiary/aromatic N) is 1. The third kappa shape index (κ3) is 5.26. The topological polar surface area (TPSA) is 35.5 Å². The summed E-state index contributed by atoms with van der Waals surface area (Å²) in [5.41, 5.74) is 1.17. The van der Waals surface area contributed by atoms with Crippen molar-refractivity contribution in [1.82, 2.24) is 10.2 Å². The molecule has 118 valence electrons. The van der Waals surface area contributed by atoms with Gasteiger partial charge in [0.05, 0.1) is 6.10 Å². The standard InChI is InChI=1S/C17H27ClN2O/c1-13(21)12-20-9-7-15(8-10-20)11-19-14(2)16-5-3-4-6-17(16)18/h3-6,13-15,19,21H,7-12H2,1-2H3/t13-,14+/m1/s1. The van der Waals surface area contributed by atoms with Crippen LogP contribution in [0.2, 0.25) is 5.02 Å². The maximum Gasteiger partial charge on any atom is 0.0639 e. The number of likely N-dealkylation sites (tertiary alicyclic amines) is 1. The normalized spacial score (nSPS) is 20.4. The molecule has 2 rings (SSSR count). The van der Waals surface area contributed by atoms with Gasteiger partial charge in [-0.15, -0.1) is 0 Å². The molecule has 1 aliphatic heterocycles. The number of aliphatic hydroxyl groups excluding tert-OH is 1. The Bertz CT molecular complexity index is 431. The average molecular weight is 311 g/mol. The van der Waals surface area contributed by atoms with Crippen LogP contribution in [0.1, 0.15) is 38.3 Å². The van der Waals surface area contributed by atoms with Crippen LogP contribution in [0.4, 0.5) is 0 Å². The number of aliphatic hydroxyl groups is 1. The minimum atomic E-state index is -0.222. The van der Waals surface area contributed by atoms with E-state index in [9.17, 15) is 5.11 Å². The number of rotatable bonds is 6. The Labute approximate surface area is 133 Å². The van der Waals surface area contributed by atoms with Crippen molar-refractivity contribution in [3.05, 3.63) is 34.9 Å². The Morgan fingerprint density at radius 2 is 1.95 bits per heavy atom. The lowest BCUT2D eigenvalue weighted by molar-refractivity contribution is 0.0994. The number of halogens is 1. The zero-order chi connectivity index (χ0) is 15.2. The lowest BCUT2D eigenvalue weighted by Gasteiger charge is -2.33. The molecule has 3 nitrogen and oxygen atoms in total. The predicted molar refractivity (Wildman–Crippen MR) is 88.7 cm³/mol. The smallest absolute Gasteiger partial charge is 0.0639 e. The summed E-state index contributed by atoms with van der Waals surface area (Å²) >= 11 is 6.24. The Morgan fingerprint density at radius 3 is 2.57 bits per heavy atom. The molecular formula is C17H27ClN2O. The van der Waals surface area contributed by atoms with Crippen molar-refractivity contribution in [2.75, 3.05) is 26.2 Å². The quantitative estimate of drug-likeness (QED) is 0.847. The van der Waals surface area contributed by atoms with Gasteiger partial charge in [-0.1, -0.05) is 29.8 Å². The minimum Gasteiger partial charge on any atom is -0.392 e. The molecule has 2 N–H and O–H groups in total. The summed E-state index contributed by atoms with van der Waals surface area (Å²) in [4.78, 5) is 2.36. The van der Waals surface area contributed by atoms with Crippen LogP contribution in [0.3, 0.4) is 0 Å². The molecule has 1 aromatic rings. The van der Waals surface area contributed by atoms with E-state index >= 15 is 0 Å². The Balaban J connectivity index is 1.73. The monoisotopic (exact) mass is 310 g/mol. The van der Waals surface area contributed by atoms with Gasteiger partial charge in [0.2, 0.25) is 0 Å². The number of hydrogen-bond donors (Lipinski definition) is 2. The molecular weight excluding hydrogens is 284 g/mol. The maximum absolute atomic E-state index is 9.43. The van der Waals surface area contributed by atoms with E-state index in [-0.39, 0.29) is 12.1 Å². The highest BCUT2D eigenvalue weighted by Gasteiger charge is 2.20. The van der Waals surface area contributed by atoms with Crippen LogP contribution in [-0.2, 0) is 0 Å². The van der Waals surface area contributed by atoms with E-state index in [1.54, 1.807) is 0 Å². The molecule has 1 saturated heterocycles. The molecule has 4 heteroatoms. The number of β-amino-alcohol motifs (C(OH)–C–C–N with tert-alkyl or cyclic N) is 1. The van der Waals surface area contributed by atoms with Gasteiger partial charge >= 0.3 is 0 Å². The van der Waals surface area contributed by atoms with Crippen LogP contribution in [0.15, 0.2) is 24.3 Å². The van der Waals surface area contributed by atoms with Gasteiger partial charge in [-0.25, -0.2) is 0 Å². The molecule has 0 amide bonds. The second kappa shape index (κ2) is 8.14. The van der Waals surface area contributed by atoms with Gasteiger partial charge in [0.25, 0.3) is 0 Å². The fourth-order valence-corrected chi connectivity index (χ4v) is 3.33. The lowest BCUT2D eigenvalue weighted by Crippen LogP contribution is -2.40. The van der Waals surface area contributed by atoms with Crippen LogP contribution in [0, 0.1) is 5.92 Å². The molecule has 0 bridgehead atoms. The Morgan fingerprint density at radius 1 is 1.29 bits per heavy atom. The first-order valence-electron chi connectivity index (χ1n) is 7.94. The van der Waals surface area contributed by atoms with Crippen molar-refractivity contribution >= 4 is 11.6 Å². The zero-order valence-corrected chi connectivity index (χ0v) is 13.8. The van der Waals surface area contributed by atoms with E-state index in [1.165, 1.54) is 18.4 Å². The van der Waals surface area contributed by atoms with Gasteiger partial charge in [-0.05, 0) is 63.9 Å². The summed E-state index contributed by atoms with van der Waals surface area (Å²) < 4.78 is 0. The SMILES string of the molecule is C[C@H](NCC1CCN(C[C@@H](C)O)CC1)c1ccccc1Cl. The first-order valence-corrected chi connectivity index (χ1v) is 8.32. The van der Waals surface area contributed by atoms with Crippen molar-refractivity contribution in [1.29, 1.82) is 0 Å². The zero-order valence-electron chi connectivity index (χ0n) is 13.1. The highest BCUT2D eigenvalue weighted by molar-refractivity contribution is 6.31. The number of benzene rings is 1. The molecule has 1 fully saturated rings. The van der Waals surface area contributed by atoms with Crippen molar-refractivity contribution in [3.8, 4) is 0 Å². The van der Waals surface area contributed by atoms with Crippen molar-refractivity contribution in [2.45, 2.75) is 38.8 Å². The highest BCUT2D eigenvalue weighted by Crippen LogP contribution is 2.23. The minimum absolute atomic E-state index is 0.222. The second-order valence-electron chi connectivity index (χ2n) is 6.24. The van der Waals surface area contributed by atoms with Crippen LogP contribution in [-0.4, -0.2) is 42.3 Å². The van der Waals surface area contributed by atoms with Gasteiger partial charge in [0, 0.05) is 17.6 Å². The summed E-state index contributed by atoms with van der Waals surface area (Å²) in [5.74, 6) is 0.722. The molecule has 21 heavy (non-hydrogen) atoms. The molecule has 0 radical (unpaired) electrons. The van der Waals surface area contributed by atoms with E-state index < -0.39 is 0 Å². The Hall–Kier alpha value is -0.610. The molecule has 0 aliphatic carbocycles. The van der Waals surface area contributed by atoms with Gasteiger partial charge in [0.15, 0.2) is 0 Å². The lowest BCUT2D eigenvalue weighted by atomic mass is 9.96. The summed E-state index contributed by atoms with van der Waals surface area (Å²) in [7, 11) is 0. The summed E-state index contributed by atoms with van der Waals surface area (Å²) in [6, 6.07) is 8.33. The second-order valence-corrected chi connectivity index (χ2v) is 6.65. The maximum atomic E-state index is 9.43. The van der Waals surface area contributed by atoms with Gasteiger partial charge < -0.3 is 15.3 Å². The van der Waals surface area contributed by atoms with E-state index in [1.807, 2.05) is 25.1 Å². The van der Waals surface area contributed by atoms with Crippen LogP contribution in [0.5, 0.6) is 0 Å². The summed E-state index contributed by atoms with van der Waals surface area (Å²) in [6.07, 6.45) is 2.18. The Kier molecular flexibility index (Phi) is 6.49. The average Bonchev–Trinajstić information content (AvgIpc) is 2.46. The molecule has 1 heterocycles. The van der Waals surface area contributed by atoms with Crippen molar-refractivity contribution in [2.24, 2.45) is 5.92 Å². The number of nitrogens with one attached hydrogen (secondary N) is 1. The van der Waals surface area contributed by atoms with E-state index in [2.05, 4.69) is 23.2 Å². The molecule has 0 saturated carbocycles. The van der Waals surface area contributed by atoms with Gasteiger partial charge in [-0.2, -0.15) is 0 Å². The first kappa shape index (κ1) is 16.8. The van der Waals surface area contributed by atoms with Crippen LogP contribution >= 0.6 is 11.6 Å². The fourth-order valence-electron chi connectivity index (χ4n) is 3.03. The number of hydrogen-bond acceptors (Lipinski definition) is 3. The third-order valence-electron chi connectivity index (χ3n) is 4.31. The van der Waals surface area contributed by atoms with E-state index in [0.29, 0.717) is 0 Å². The molecule has 0 aromatic heterocycles. The van der Waals surface area contributed by atoms with Crippen molar-refractivity contribution in [3.63, 3.8) is 0 Å². The van der Waals surface area contributed by atoms with Gasteiger partial charge in [-0.3, -0.25) is 0 Å². The van der Waals surface area contributed by atoms with Gasteiger partial charge in [0.1, 0.15) is 0 Å². The van der Waals surface area contributed by atoms with Crippen LogP contribution in [0.25, 0.3) is 0 Å². The predicted octanol–water partition coefficient (Wildman–Crippen LogP) is 3.08. The summed E-state index contributed by atoms with van der Waals surface area (Å²) in [5, 5.41) is 13.9. The largest absolute Gasteiger partial charge is 0.392 e. The first-order chi connectivity index (χ1) is 10.1. The molecule has 0 spiro atoms. The van der Waals surface area contributed by atoms with Crippen molar-refractivity contribution < 1.29 is 5.11 Å². The summed E-state index contributed by atoms with van der Waals surface area (Å²) in [6.45, 7) is 8.06. The fraction of sp³-hybridized carbons (Fsp3) is 0.647. The highest BCUT2D eigenvalue weighted by atomic mass is 35.5.